The molecule has 1 atom stereocenters. The van der Waals surface area contributed by atoms with Gasteiger partial charge in [-0.3, -0.25) is 14.2 Å². The lowest BCUT2D eigenvalue weighted by Crippen LogP contribution is -2.33. The largest absolute Gasteiger partial charge is 0.352 e. The van der Waals surface area contributed by atoms with E-state index < -0.39 is 0 Å². The van der Waals surface area contributed by atoms with E-state index in [1.54, 1.807) is 15.9 Å². The molecule has 0 saturated heterocycles. The Morgan fingerprint density at radius 2 is 2.00 bits per heavy atom. The summed E-state index contributed by atoms with van der Waals surface area (Å²) >= 11 is 2.91. The third-order valence-corrected chi connectivity index (χ3v) is 6.46. The molecular formula is C17H23N3O2S2. The van der Waals surface area contributed by atoms with Gasteiger partial charge in [-0.1, -0.05) is 11.8 Å². The van der Waals surface area contributed by atoms with Gasteiger partial charge in [0.2, 0.25) is 5.91 Å². The van der Waals surface area contributed by atoms with Gasteiger partial charge in [0, 0.05) is 17.0 Å². The summed E-state index contributed by atoms with van der Waals surface area (Å²) in [5, 5.41) is 4.08. The van der Waals surface area contributed by atoms with Crippen LogP contribution in [0.3, 0.4) is 0 Å². The van der Waals surface area contributed by atoms with E-state index in [4.69, 9.17) is 4.98 Å². The van der Waals surface area contributed by atoms with Crippen molar-refractivity contribution < 1.29 is 4.79 Å². The van der Waals surface area contributed by atoms with Crippen molar-refractivity contribution in [2.75, 3.05) is 0 Å². The quantitative estimate of drug-likeness (QED) is 0.651. The number of carbonyl (C=O) groups excluding carboxylic acids is 1. The number of fused-ring (bicyclic) bond motifs is 1. The van der Waals surface area contributed by atoms with Crippen LogP contribution in [0.25, 0.3) is 10.2 Å². The molecule has 1 aliphatic rings. The van der Waals surface area contributed by atoms with Gasteiger partial charge in [0.15, 0.2) is 5.16 Å². The molecule has 24 heavy (non-hydrogen) atoms. The number of thioether (sulfide) groups is 1. The lowest BCUT2D eigenvalue weighted by Gasteiger charge is -2.18. The third-order valence-electron chi connectivity index (χ3n) is 4.29. The molecule has 3 rings (SSSR count). The Morgan fingerprint density at radius 1 is 1.33 bits per heavy atom. The molecule has 0 aliphatic heterocycles. The van der Waals surface area contributed by atoms with Crippen LogP contribution in [-0.4, -0.2) is 26.8 Å². The maximum Gasteiger partial charge on any atom is 0.263 e. The van der Waals surface area contributed by atoms with Crippen molar-refractivity contribution in [3.05, 3.63) is 20.8 Å². The molecule has 130 valence electrons. The average Bonchev–Trinajstić information content (AvgIpc) is 3.24. The first-order valence-corrected chi connectivity index (χ1v) is 9.98. The number of hydrogen-bond donors (Lipinski definition) is 1. The number of amides is 1. The smallest absolute Gasteiger partial charge is 0.263 e. The van der Waals surface area contributed by atoms with Crippen LogP contribution in [0.4, 0.5) is 0 Å². The predicted octanol–water partition coefficient (Wildman–Crippen LogP) is 3.41. The number of thiophene rings is 1. The van der Waals surface area contributed by atoms with E-state index in [1.165, 1.54) is 11.8 Å². The second kappa shape index (κ2) is 6.52. The fourth-order valence-corrected chi connectivity index (χ4v) is 4.70. The molecule has 0 aromatic carbocycles. The zero-order chi connectivity index (χ0) is 17.6. The molecule has 2 heterocycles. The molecule has 1 aliphatic carbocycles. The summed E-state index contributed by atoms with van der Waals surface area (Å²) in [6, 6.07) is 0.334. The molecule has 0 radical (unpaired) electrons. The summed E-state index contributed by atoms with van der Waals surface area (Å²) in [6.45, 7) is 9.80. The maximum atomic E-state index is 13.0. The van der Waals surface area contributed by atoms with Crippen molar-refractivity contribution in [1.29, 1.82) is 0 Å². The van der Waals surface area contributed by atoms with Crippen molar-refractivity contribution in [2.45, 2.75) is 70.0 Å². The maximum absolute atomic E-state index is 13.0. The summed E-state index contributed by atoms with van der Waals surface area (Å²) in [5.74, 6) is 0.0192. The number of nitrogens with zero attached hydrogens (tertiary/aromatic N) is 2. The molecule has 7 heteroatoms. The number of aromatic nitrogens is 2. The summed E-state index contributed by atoms with van der Waals surface area (Å²) in [4.78, 5) is 31.8. The van der Waals surface area contributed by atoms with E-state index in [0.717, 1.165) is 28.1 Å². The van der Waals surface area contributed by atoms with E-state index in [9.17, 15) is 9.59 Å². The van der Waals surface area contributed by atoms with Crippen LogP contribution in [0.1, 0.15) is 50.1 Å². The van der Waals surface area contributed by atoms with Gasteiger partial charge in [-0.15, -0.1) is 11.3 Å². The average molecular weight is 366 g/mol. The Hall–Kier alpha value is -1.34. The number of rotatable bonds is 5. The summed E-state index contributed by atoms with van der Waals surface area (Å²) in [7, 11) is 0. The second-order valence-electron chi connectivity index (χ2n) is 6.67. The number of aryl methyl sites for hydroxylation is 2. The Balaban J connectivity index is 2.01. The van der Waals surface area contributed by atoms with Gasteiger partial charge in [0.05, 0.1) is 10.6 Å². The SMILES string of the molecule is Cc1sc2nc(SC(C)C(=O)NC3CC3)n(C(C)C)c(=O)c2c1C. The Bertz CT molecular complexity index is 850. The van der Waals surface area contributed by atoms with E-state index in [0.29, 0.717) is 16.6 Å². The standard InChI is InChI=1S/C17H23N3O2S2/c1-8(2)20-16(22)13-9(3)10(4)23-15(13)19-17(20)24-11(5)14(21)18-12-6-7-12/h8,11-12H,6-7H2,1-5H3,(H,18,21). The lowest BCUT2D eigenvalue weighted by atomic mass is 10.2. The van der Waals surface area contributed by atoms with E-state index in [-0.39, 0.29) is 22.8 Å². The summed E-state index contributed by atoms with van der Waals surface area (Å²) < 4.78 is 1.72. The molecule has 2 aromatic rings. The Labute approximate surface area is 149 Å². The molecule has 1 saturated carbocycles. The third kappa shape index (κ3) is 3.24. The van der Waals surface area contributed by atoms with Gasteiger partial charge in [0.1, 0.15) is 4.83 Å². The molecule has 1 amide bonds. The van der Waals surface area contributed by atoms with Crippen LogP contribution in [0.5, 0.6) is 0 Å². The minimum Gasteiger partial charge on any atom is -0.352 e. The minimum atomic E-state index is -0.276. The van der Waals surface area contributed by atoms with Crippen molar-refractivity contribution in [2.24, 2.45) is 0 Å². The van der Waals surface area contributed by atoms with Crippen LogP contribution >= 0.6 is 23.1 Å². The predicted molar refractivity (Wildman–Crippen MR) is 100 cm³/mol. The lowest BCUT2D eigenvalue weighted by molar-refractivity contribution is -0.120. The van der Waals surface area contributed by atoms with Gasteiger partial charge in [-0.25, -0.2) is 4.98 Å². The normalized spacial score (nSPS) is 15.9. The van der Waals surface area contributed by atoms with E-state index in [1.807, 2.05) is 34.6 Å². The van der Waals surface area contributed by atoms with Crippen LogP contribution in [-0.2, 0) is 4.79 Å². The van der Waals surface area contributed by atoms with Gasteiger partial charge >= 0.3 is 0 Å². The molecule has 1 N–H and O–H groups in total. The molecular weight excluding hydrogens is 342 g/mol. The monoisotopic (exact) mass is 365 g/mol. The fraction of sp³-hybridized carbons (Fsp3) is 0.588. The molecule has 0 bridgehead atoms. The van der Waals surface area contributed by atoms with Crippen LogP contribution in [0.2, 0.25) is 0 Å². The number of carbonyl (C=O) groups is 1. The van der Waals surface area contributed by atoms with Gasteiger partial charge in [-0.2, -0.15) is 0 Å². The topological polar surface area (TPSA) is 64.0 Å². The van der Waals surface area contributed by atoms with Crippen molar-refractivity contribution >= 4 is 39.2 Å². The van der Waals surface area contributed by atoms with Crippen molar-refractivity contribution in [3.8, 4) is 0 Å². The molecule has 2 aromatic heterocycles. The molecule has 1 unspecified atom stereocenters. The molecule has 5 nitrogen and oxygen atoms in total. The number of nitrogens with one attached hydrogen (secondary N) is 1. The minimum absolute atomic E-state index is 0.00444. The van der Waals surface area contributed by atoms with E-state index in [2.05, 4.69) is 5.32 Å². The highest BCUT2D eigenvalue weighted by Gasteiger charge is 2.27. The van der Waals surface area contributed by atoms with Gasteiger partial charge < -0.3 is 5.32 Å². The zero-order valence-corrected chi connectivity index (χ0v) is 16.3. The Kier molecular flexibility index (Phi) is 4.75. The molecule has 1 fully saturated rings. The zero-order valence-electron chi connectivity index (χ0n) is 14.7. The van der Waals surface area contributed by atoms with Crippen LogP contribution in [0.15, 0.2) is 9.95 Å². The van der Waals surface area contributed by atoms with E-state index >= 15 is 0 Å². The van der Waals surface area contributed by atoms with Crippen molar-refractivity contribution in [1.82, 2.24) is 14.9 Å². The first kappa shape index (κ1) is 17.5. The van der Waals surface area contributed by atoms with Crippen LogP contribution < -0.4 is 10.9 Å². The van der Waals surface area contributed by atoms with Crippen molar-refractivity contribution in [3.63, 3.8) is 0 Å². The van der Waals surface area contributed by atoms with Crippen LogP contribution in [0, 0.1) is 13.8 Å². The Morgan fingerprint density at radius 3 is 2.58 bits per heavy atom. The number of hydrogen-bond acceptors (Lipinski definition) is 5. The summed E-state index contributed by atoms with van der Waals surface area (Å²) in [6.07, 6.45) is 2.13. The second-order valence-corrected chi connectivity index (χ2v) is 9.18. The summed E-state index contributed by atoms with van der Waals surface area (Å²) in [5.41, 5.74) is 1.01. The molecule has 0 spiro atoms. The highest BCUT2D eigenvalue weighted by atomic mass is 32.2. The first-order chi connectivity index (χ1) is 11.3. The fourth-order valence-electron chi connectivity index (χ4n) is 2.58. The highest BCUT2D eigenvalue weighted by Crippen LogP contribution is 2.31. The highest BCUT2D eigenvalue weighted by molar-refractivity contribution is 8.00. The first-order valence-electron chi connectivity index (χ1n) is 8.28. The van der Waals surface area contributed by atoms with Gasteiger partial charge in [-0.05, 0) is 53.0 Å². The van der Waals surface area contributed by atoms with Gasteiger partial charge in [0.25, 0.3) is 5.56 Å².